The van der Waals surface area contributed by atoms with Gasteiger partial charge in [0.2, 0.25) is 11.8 Å². The molecule has 4 aromatic rings. The number of aromatic amines is 1. The van der Waals surface area contributed by atoms with Crippen LogP contribution in [0.4, 0.5) is 4.79 Å². The Kier molecular flexibility index (Phi) is 5.23. The number of oxazole rings is 1. The lowest BCUT2D eigenvalue weighted by Crippen LogP contribution is -2.19. The molecule has 0 spiro atoms. The Morgan fingerprint density at radius 1 is 1.27 bits per heavy atom. The summed E-state index contributed by atoms with van der Waals surface area (Å²) < 4.78 is 33.5. The van der Waals surface area contributed by atoms with E-state index < -0.39 is 18.0 Å². The van der Waals surface area contributed by atoms with E-state index in [-0.39, 0.29) is 18.6 Å². The van der Waals surface area contributed by atoms with Crippen molar-refractivity contribution in [2.75, 3.05) is 13.7 Å². The molecule has 4 heterocycles. The Balaban J connectivity index is 1.67. The highest BCUT2D eigenvalue weighted by molar-refractivity contribution is 6.19. The molecule has 10 heteroatoms. The summed E-state index contributed by atoms with van der Waals surface area (Å²) in [4.78, 5) is 24.6. The summed E-state index contributed by atoms with van der Waals surface area (Å²) >= 11 is 0. The number of hydrogen-bond donors (Lipinski definition) is 1. The highest BCUT2D eigenvalue weighted by atomic mass is 16.7. The Hall–Kier alpha value is -3.21. The molecular formula is C23H25N3O7. The number of ether oxygens (including phenoxy) is 5. The number of rotatable bonds is 5. The van der Waals surface area contributed by atoms with E-state index in [2.05, 4.69) is 9.97 Å². The number of nitrogens with zero attached hydrogens (tertiary/aromatic N) is 2. The standard InChI is InChI=1S/C23H25N3O7/c1-11(2)30-22(27)32-20-12(9-28-5)17-14(8-24-20)25-13-6-7-15-19(18(13)17)26-21(31-15)16-10-29-23(3,4)33-16/h6-8,11,16,25H,9-10H2,1-5H3. The molecule has 3 aromatic heterocycles. The average Bonchev–Trinajstić information content (AvgIpc) is 3.42. The van der Waals surface area contributed by atoms with Crippen LogP contribution in [-0.2, 0) is 25.6 Å². The first kappa shape index (κ1) is 21.6. The van der Waals surface area contributed by atoms with Crippen LogP contribution in [0, 0.1) is 0 Å². The normalized spacial score (nSPS) is 18.1. The SMILES string of the molecule is COCc1c(OC(=O)OC(C)C)ncc2[nH]c3ccc4oc(C5COC(C)(C)O5)nc4c3c12. The maximum Gasteiger partial charge on any atom is 0.515 e. The zero-order valence-electron chi connectivity index (χ0n) is 19.1. The first-order valence-corrected chi connectivity index (χ1v) is 10.7. The summed E-state index contributed by atoms with van der Waals surface area (Å²) in [6.07, 6.45) is 0.0527. The number of nitrogens with one attached hydrogen (secondary N) is 1. The van der Waals surface area contributed by atoms with Crippen molar-refractivity contribution in [3.8, 4) is 5.88 Å². The van der Waals surface area contributed by atoms with E-state index in [1.54, 1.807) is 27.2 Å². The molecule has 5 rings (SSSR count). The summed E-state index contributed by atoms with van der Waals surface area (Å²) in [5, 5.41) is 1.59. The van der Waals surface area contributed by atoms with Gasteiger partial charge in [-0.25, -0.2) is 14.8 Å². The van der Waals surface area contributed by atoms with Crippen LogP contribution in [0.15, 0.2) is 22.7 Å². The lowest BCUT2D eigenvalue weighted by Gasteiger charge is -2.15. The third-order valence-corrected chi connectivity index (χ3v) is 5.32. The molecular weight excluding hydrogens is 430 g/mol. The van der Waals surface area contributed by atoms with Crippen molar-refractivity contribution in [1.29, 1.82) is 0 Å². The van der Waals surface area contributed by atoms with E-state index in [1.807, 2.05) is 26.0 Å². The number of benzene rings is 1. The molecule has 1 saturated heterocycles. The highest BCUT2D eigenvalue weighted by Crippen LogP contribution is 2.39. The fourth-order valence-corrected chi connectivity index (χ4v) is 4.04. The predicted octanol–water partition coefficient (Wildman–Crippen LogP) is 4.75. The van der Waals surface area contributed by atoms with Gasteiger partial charge in [-0.2, -0.15) is 0 Å². The molecule has 1 atom stereocenters. The van der Waals surface area contributed by atoms with Gasteiger partial charge in [0, 0.05) is 23.4 Å². The molecule has 0 radical (unpaired) electrons. The maximum absolute atomic E-state index is 12.1. The Labute approximate surface area is 189 Å². The Morgan fingerprint density at radius 2 is 2.09 bits per heavy atom. The zero-order valence-corrected chi connectivity index (χ0v) is 19.1. The molecule has 1 aliphatic heterocycles. The fourth-order valence-electron chi connectivity index (χ4n) is 4.04. The average molecular weight is 455 g/mol. The lowest BCUT2D eigenvalue weighted by molar-refractivity contribution is -0.141. The van der Waals surface area contributed by atoms with Crippen LogP contribution in [0.25, 0.3) is 32.9 Å². The molecule has 1 N–H and O–H groups in total. The van der Waals surface area contributed by atoms with Crippen molar-refractivity contribution >= 4 is 39.1 Å². The van der Waals surface area contributed by atoms with Gasteiger partial charge in [0.1, 0.15) is 5.52 Å². The monoisotopic (exact) mass is 455 g/mol. The van der Waals surface area contributed by atoms with E-state index in [0.29, 0.717) is 29.2 Å². The van der Waals surface area contributed by atoms with E-state index in [9.17, 15) is 4.79 Å². The zero-order chi connectivity index (χ0) is 23.3. The molecule has 1 aliphatic rings. The van der Waals surface area contributed by atoms with Crippen molar-refractivity contribution in [1.82, 2.24) is 15.0 Å². The molecule has 1 unspecified atom stereocenters. The van der Waals surface area contributed by atoms with Gasteiger partial charge in [0.25, 0.3) is 0 Å². The van der Waals surface area contributed by atoms with Crippen molar-refractivity contribution < 1.29 is 32.9 Å². The number of carbonyl (C=O) groups excluding carboxylic acids is 1. The number of aromatic nitrogens is 3. The number of carbonyl (C=O) groups is 1. The lowest BCUT2D eigenvalue weighted by atomic mass is 10.1. The van der Waals surface area contributed by atoms with Crippen LogP contribution in [0.2, 0.25) is 0 Å². The molecule has 0 aliphatic carbocycles. The van der Waals surface area contributed by atoms with Crippen LogP contribution in [0.5, 0.6) is 5.88 Å². The number of H-pyrrole nitrogens is 1. The van der Waals surface area contributed by atoms with Gasteiger partial charge in [0.15, 0.2) is 17.5 Å². The first-order chi connectivity index (χ1) is 15.8. The highest BCUT2D eigenvalue weighted by Gasteiger charge is 2.36. The van der Waals surface area contributed by atoms with Crippen LogP contribution in [0.1, 0.15) is 45.3 Å². The minimum Gasteiger partial charge on any atom is -0.438 e. The van der Waals surface area contributed by atoms with Crippen LogP contribution < -0.4 is 4.74 Å². The van der Waals surface area contributed by atoms with E-state index in [0.717, 1.165) is 21.8 Å². The summed E-state index contributed by atoms with van der Waals surface area (Å²) in [6.45, 7) is 7.70. The molecule has 0 saturated carbocycles. The van der Waals surface area contributed by atoms with Gasteiger partial charge >= 0.3 is 6.16 Å². The van der Waals surface area contributed by atoms with Gasteiger partial charge in [-0.05, 0) is 39.8 Å². The number of hydrogen-bond acceptors (Lipinski definition) is 9. The van der Waals surface area contributed by atoms with Crippen LogP contribution in [0.3, 0.4) is 0 Å². The summed E-state index contributed by atoms with van der Waals surface area (Å²) in [5.74, 6) is -0.141. The van der Waals surface area contributed by atoms with Gasteiger partial charge in [-0.3, -0.25) is 0 Å². The molecule has 0 amide bonds. The topological polar surface area (TPSA) is 118 Å². The molecule has 0 bridgehead atoms. The van der Waals surface area contributed by atoms with Gasteiger partial charge in [-0.15, -0.1) is 0 Å². The Bertz CT molecular complexity index is 1350. The minimum absolute atomic E-state index is 0.117. The van der Waals surface area contributed by atoms with Crippen molar-refractivity contribution in [3.63, 3.8) is 0 Å². The largest absolute Gasteiger partial charge is 0.515 e. The third-order valence-electron chi connectivity index (χ3n) is 5.32. The van der Waals surface area contributed by atoms with Crippen molar-refractivity contribution in [3.05, 3.63) is 29.8 Å². The smallest absolute Gasteiger partial charge is 0.438 e. The summed E-state index contributed by atoms with van der Waals surface area (Å²) in [5.41, 5.74) is 3.44. The number of pyridine rings is 1. The van der Waals surface area contributed by atoms with Crippen molar-refractivity contribution in [2.24, 2.45) is 0 Å². The third kappa shape index (κ3) is 3.90. The second kappa shape index (κ2) is 7.98. The number of methoxy groups -OCH3 is 1. The van der Waals surface area contributed by atoms with Crippen LogP contribution >= 0.6 is 0 Å². The van der Waals surface area contributed by atoms with E-state index >= 15 is 0 Å². The molecule has 33 heavy (non-hydrogen) atoms. The van der Waals surface area contributed by atoms with E-state index in [1.165, 1.54) is 0 Å². The first-order valence-electron chi connectivity index (χ1n) is 10.7. The fraction of sp³-hybridized carbons (Fsp3) is 0.435. The molecule has 1 aromatic carbocycles. The van der Waals surface area contributed by atoms with Gasteiger partial charge < -0.3 is 33.1 Å². The molecule has 1 fully saturated rings. The summed E-state index contributed by atoms with van der Waals surface area (Å²) in [7, 11) is 1.56. The van der Waals surface area contributed by atoms with E-state index in [4.69, 9.17) is 33.1 Å². The molecule has 10 nitrogen and oxygen atoms in total. The summed E-state index contributed by atoms with van der Waals surface area (Å²) in [6, 6.07) is 3.76. The minimum atomic E-state index is -0.830. The second-order valence-corrected chi connectivity index (χ2v) is 8.61. The van der Waals surface area contributed by atoms with Gasteiger partial charge in [0.05, 0.1) is 36.6 Å². The van der Waals surface area contributed by atoms with Crippen LogP contribution in [-0.4, -0.2) is 46.7 Å². The number of fused-ring (bicyclic) bond motifs is 5. The quantitative estimate of drug-likeness (QED) is 0.425. The second-order valence-electron chi connectivity index (χ2n) is 8.61. The van der Waals surface area contributed by atoms with Crippen molar-refractivity contribution in [2.45, 2.75) is 52.3 Å². The van der Waals surface area contributed by atoms with Gasteiger partial charge in [-0.1, -0.05) is 0 Å². The molecule has 174 valence electrons. The Morgan fingerprint density at radius 3 is 2.79 bits per heavy atom. The maximum atomic E-state index is 12.1. The predicted molar refractivity (Wildman–Crippen MR) is 118 cm³/mol.